The molecule has 0 saturated carbocycles. The van der Waals surface area contributed by atoms with Gasteiger partial charge in [-0.25, -0.2) is 4.79 Å². The number of benzene rings is 2. The molecule has 0 aliphatic carbocycles. The van der Waals surface area contributed by atoms with Gasteiger partial charge in [-0.05, 0) is 55.3 Å². The summed E-state index contributed by atoms with van der Waals surface area (Å²) >= 11 is 1.88. The summed E-state index contributed by atoms with van der Waals surface area (Å²) in [6, 6.07) is 18.2. The minimum atomic E-state index is -0.247. The van der Waals surface area contributed by atoms with Crippen LogP contribution >= 0.6 is 11.8 Å². The minimum Gasteiger partial charge on any atom is -0.462 e. The summed E-state index contributed by atoms with van der Waals surface area (Å²) in [5.74, 6) is 0.854. The van der Waals surface area contributed by atoms with E-state index < -0.39 is 0 Å². The predicted molar refractivity (Wildman–Crippen MR) is 87.9 cm³/mol. The summed E-state index contributed by atoms with van der Waals surface area (Å²) < 4.78 is 4.97. The zero-order valence-corrected chi connectivity index (χ0v) is 13.1. The first kappa shape index (κ1) is 15.6. The molecule has 3 heteroatoms. The Labute approximate surface area is 130 Å². The van der Waals surface area contributed by atoms with Crippen molar-refractivity contribution in [2.24, 2.45) is 0 Å². The molecule has 110 valence electrons. The lowest BCUT2D eigenvalue weighted by Gasteiger charge is -2.04. The summed E-state index contributed by atoms with van der Waals surface area (Å²) in [7, 11) is 0. The lowest BCUT2D eigenvalue weighted by atomic mass is 10.1. The molecule has 0 fully saturated rings. The second kappa shape index (κ2) is 8.53. The molecule has 0 saturated heterocycles. The van der Waals surface area contributed by atoms with E-state index in [1.165, 1.54) is 10.5 Å². The van der Waals surface area contributed by atoms with Gasteiger partial charge in [-0.15, -0.1) is 11.8 Å². The van der Waals surface area contributed by atoms with Crippen LogP contribution in [0, 0.1) is 0 Å². The molecule has 2 nitrogen and oxygen atoms in total. The molecule has 0 aromatic heterocycles. The van der Waals surface area contributed by atoms with Gasteiger partial charge in [0, 0.05) is 4.90 Å². The van der Waals surface area contributed by atoms with Gasteiger partial charge in [0.2, 0.25) is 0 Å². The third-order valence-electron chi connectivity index (χ3n) is 3.09. The first-order chi connectivity index (χ1) is 10.3. The van der Waals surface area contributed by atoms with Crippen molar-refractivity contribution in [2.45, 2.75) is 24.7 Å². The Bertz CT molecular complexity index is 549. The van der Waals surface area contributed by atoms with Crippen LogP contribution in [0.15, 0.2) is 59.5 Å². The number of carbonyl (C=O) groups is 1. The first-order valence-electron chi connectivity index (χ1n) is 7.23. The molecule has 0 radical (unpaired) electrons. The monoisotopic (exact) mass is 300 g/mol. The molecule has 0 atom stereocenters. The number of rotatable bonds is 7. The van der Waals surface area contributed by atoms with E-state index in [0.29, 0.717) is 12.2 Å². The van der Waals surface area contributed by atoms with E-state index in [9.17, 15) is 4.79 Å². The molecular formula is C18H20O2S. The number of hydrogen-bond acceptors (Lipinski definition) is 3. The van der Waals surface area contributed by atoms with E-state index >= 15 is 0 Å². The number of esters is 1. The summed E-state index contributed by atoms with van der Waals surface area (Å²) in [6.45, 7) is 2.23. The molecule has 0 N–H and O–H groups in total. The average molecular weight is 300 g/mol. The molecule has 2 aromatic rings. The van der Waals surface area contributed by atoms with E-state index in [2.05, 4.69) is 24.3 Å². The zero-order chi connectivity index (χ0) is 14.9. The van der Waals surface area contributed by atoms with Gasteiger partial charge in [0.15, 0.2) is 0 Å². The summed E-state index contributed by atoms with van der Waals surface area (Å²) in [5, 5.41) is 0. The normalized spacial score (nSPS) is 10.3. The molecule has 0 spiro atoms. The fraction of sp³-hybridized carbons (Fsp3) is 0.278. The molecule has 0 bridgehead atoms. The maximum Gasteiger partial charge on any atom is 0.338 e. The van der Waals surface area contributed by atoms with Crippen LogP contribution in [0.5, 0.6) is 0 Å². The van der Waals surface area contributed by atoms with Crippen molar-refractivity contribution in [1.82, 2.24) is 0 Å². The Morgan fingerprint density at radius 3 is 2.43 bits per heavy atom. The number of hydrogen-bond donors (Lipinski definition) is 0. The Hall–Kier alpha value is -1.74. The van der Waals surface area contributed by atoms with Gasteiger partial charge in [0.25, 0.3) is 0 Å². The Balaban J connectivity index is 1.75. The van der Waals surface area contributed by atoms with E-state index in [1.54, 1.807) is 0 Å². The third-order valence-corrected chi connectivity index (χ3v) is 4.19. The smallest absolute Gasteiger partial charge is 0.338 e. The fourth-order valence-electron chi connectivity index (χ4n) is 2.00. The van der Waals surface area contributed by atoms with Crippen molar-refractivity contribution in [2.75, 3.05) is 12.4 Å². The molecular weight excluding hydrogens is 280 g/mol. The largest absolute Gasteiger partial charge is 0.462 e. The Kier molecular flexibility index (Phi) is 6.35. The number of carbonyl (C=O) groups excluding carboxylic acids is 1. The molecule has 2 aromatic carbocycles. The molecule has 21 heavy (non-hydrogen) atoms. The van der Waals surface area contributed by atoms with Crippen molar-refractivity contribution < 1.29 is 9.53 Å². The zero-order valence-electron chi connectivity index (χ0n) is 12.2. The standard InChI is InChI=1S/C18H20O2S/c1-2-20-18(19)16-12-10-15(11-13-16)7-6-14-21-17-8-4-3-5-9-17/h3-5,8-13H,2,6-7,14H2,1H3. The second-order valence-corrected chi connectivity index (χ2v) is 5.85. The lowest BCUT2D eigenvalue weighted by molar-refractivity contribution is 0.0526. The van der Waals surface area contributed by atoms with Gasteiger partial charge >= 0.3 is 5.97 Å². The number of ether oxygens (including phenoxy) is 1. The number of aryl methyl sites for hydroxylation is 1. The first-order valence-corrected chi connectivity index (χ1v) is 8.22. The third kappa shape index (κ3) is 5.27. The molecule has 0 unspecified atom stereocenters. The van der Waals surface area contributed by atoms with Crippen molar-refractivity contribution in [3.8, 4) is 0 Å². The predicted octanol–water partition coefficient (Wildman–Crippen LogP) is 4.59. The van der Waals surface area contributed by atoms with Gasteiger partial charge in [-0.2, -0.15) is 0 Å². The van der Waals surface area contributed by atoms with Gasteiger partial charge < -0.3 is 4.74 Å². The van der Waals surface area contributed by atoms with Crippen LogP contribution in [-0.2, 0) is 11.2 Å². The van der Waals surface area contributed by atoms with Gasteiger partial charge in [-0.1, -0.05) is 30.3 Å². The van der Waals surface area contributed by atoms with Crippen LogP contribution in [0.2, 0.25) is 0 Å². The van der Waals surface area contributed by atoms with E-state index in [0.717, 1.165) is 18.6 Å². The van der Waals surface area contributed by atoms with Crippen LogP contribution in [0.1, 0.15) is 29.3 Å². The molecule has 0 aliphatic heterocycles. The molecule has 0 amide bonds. The highest BCUT2D eigenvalue weighted by atomic mass is 32.2. The highest BCUT2D eigenvalue weighted by Gasteiger charge is 2.05. The number of thioether (sulfide) groups is 1. The van der Waals surface area contributed by atoms with E-state index in [1.807, 2.05) is 49.0 Å². The van der Waals surface area contributed by atoms with Crippen LogP contribution in [0.3, 0.4) is 0 Å². The highest BCUT2D eigenvalue weighted by Crippen LogP contribution is 2.19. The molecule has 2 rings (SSSR count). The Morgan fingerprint density at radius 2 is 1.76 bits per heavy atom. The quantitative estimate of drug-likeness (QED) is 0.425. The van der Waals surface area contributed by atoms with Crippen molar-refractivity contribution in [3.05, 3.63) is 65.7 Å². The average Bonchev–Trinajstić information content (AvgIpc) is 2.53. The van der Waals surface area contributed by atoms with Crippen molar-refractivity contribution >= 4 is 17.7 Å². The molecule has 0 aliphatic rings. The minimum absolute atomic E-state index is 0.247. The van der Waals surface area contributed by atoms with Crippen LogP contribution in [0.25, 0.3) is 0 Å². The van der Waals surface area contributed by atoms with Crippen molar-refractivity contribution in [1.29, 1.82) is 0 Å². The maximum atomic E-state index is 11.5. The maximum absolute atomic E-state index is 11.5. The highest BCUT2D eigenvalue weighted by molar-refractivity contribution is 7.99. The summed E-state index contributed by atoms with van der Waals surface area (Å²) in [5.41, 5.74) is 1.89. The molecule has 0 heterocycles. The fourth-order valence-corrected chi connectivity index (χ4v) is 2.88. The van der Waals surface area contributed by atoms with Gasteiger partial charge in [-0.3, -0.25) is 0 Å². The SMILES string of the molecule is CCOC(=O)c1ccc(CCCSc2ccccc2)cc1. The van der Waals surface area contributed by atoms with E-state index in [-0.39, 0.29) is 5.97 Å². The van der Waals surface area contributed by atoms with E-state index in [4.69, 9.17) is 4.74 Å². The van der Waals surface area contributed by atoms with Crippen LogP contribution < -0.4 is 0 Å². The topological polar surface area (TPSA) is 26.3 Å². The van der Waals surface area contributed by atoms with Gasteiger partial charge in [0.1, 0.15) is 0 Å². The Morgan fingerprint density at radius 1 is 1.05 bits per heavy atom. The van der Waals surface area contributed by atoms with Crippen molar-refractivity contribution in [3.63, 3.8) is 0 Å². The lowest BCUT2D eigenvalue weighted by Crippen LogP contribution is -2.04. The van der Waals surface area contributed by atoms with Crippen LogP contribution in [0.4, 0.5) is 0 Å². The van der Waals surface area contributed by atoms with Crippen LogP contribution in [-0.4, -0.2) is 18.3 Å². The van der Waals surface area contributed by atoms with Gasteiger partial charge in [0.05, 0.1) is 12.2 Å². The summed E-state index contributed by atoms with van der Waals surface area (Å²) in [6.07, 6.45) is 2.15. The second-order valence-electron chi connectivity index (χ2n) is 4.68. The summed E-state index contributed by atoms with van der Waals surface area (Å²) in [4.78, 5) is 12.9.